The van der Waals surface area contributed by atoms with Crippen molar-refractivity contribution >= 4 is 0 Å². The van der Waals surface area contributed by atoms with Crippen molar-refractivity contribution in [2.75, 3.05) is 32.9 Å². The third-order valence-corrected chi connectivity index (χ3v) is 1.63. The Morgan fingerprint density at radius 1 is 1.12 bits per heavy atom. The van der Waals surface area contributed by atoms with Crippen LogP contribution in [0.2, 0.25) is 0 Å². The Morgan fingerprint density at radius 3 is 1.88 bits per heavy atom. The molecule has 0 radical (unpaired) electrons. The Morgan fingerprint density at radius 2 is 1.56 bits per heavy atom. The van der Waals surface area contributed by atoms with Gasteiger partial charge in [-0.05, 0) is 6.92 Å². The molecule has 0 saturated heterocycles. The van der Waals surface area contributed by atoms with Crippen molar-refractivity contribution in [3.63, 3.8) is 0 Å². The second kappa shape index (κ2) is 8.78. The van der Waals surface area contributed by atoms with E-state index >= 15 is 0 Å². The fourth-order valence-electron chi connectivity index (χ4n) is 0.838. The predicted octanol–water partition coefficient (Wildman–Crippen LogP) is -0.171. The van der Waals surface area contributed by atoms with Crippen molar-refractivity contribution in [1.29, 1.82) is 11.1 Å². The van der Waals surface area contributed by atoms with E-state index in [4.69, 9.17) is 25.6 Å². The summed E-state index contributed by atoms with van der Waals surface area (Å²) in [6, 6.07) is 0. The van der Waals surface area contributed by atoms with Crippen LogP contribution in [0, 0.1) is 11.1 Å². The summed E-state index contributed by atoms with van der Waals surface area (Å²) in [5.41, 5.74) is 12.8. The van der Waals surface area contributed by atoms with Crippen LogP contribution in [0.3, 0.4) is 0 Å². The van der Waals surface area contributed by atoms with E-state index in [0.29, 0.717) is 0 Å². The molecule has 0 aromatic heterocycles. The summed E-state index contributed by atoms with van der Waals surface area (Å²) < 4.78 is 10.5. The summed E-state index contributed by atoms with van der Waals surface area (Å²) in [5, 5.41) is 15.8. The maximum atomic E-state index is 9.07. The van der Waals surface area contributed by atoms with Crippen LogP contribution >= 0.6 is 0 Å². The number of hydrogen-bond donors (Lipinski definition) is 3. The molecule has 0 aliphatic heterocycles. The van der Waals surface area contributed by atoms with E-state index in [2.05, 4.69) is 20.1 Å². The first-order chi connectivity index (χ1) is 7.68. The van der Waals surface area contributed by atoms with Crippen molar-refractivity contribution in [3.8, 4) is 0 Å². The quantitative estimate of drug-likeness (QED) is 0.220. The molecule has 0 amide bonds. The first kappa shape index (κ1) is 14.5. The van der Waals surface area contributed by atoms with Crippen LogP contribution in [0.15, 0.2) is 10.2 Å². The fourth-order valence-corrected chi connectivity index (χ4v) is 0.838. The van der Waals surface area contributed by atoms with E-state index in [0.717, 1.165) is 0 Å². The average Bonchev–Trinajstić information content (AvgIpc) is 2.31. The summed E-state index contributed by atoms with van der Waals surface area (Å²) in [6.45, 7) is 2.11. The van der Waals surface area contributed by atoms with Gasteiger partial charge >= 0.3 is 0 Å². The molecule has 0 atom stereocenters. The van der Waals surface area contributed by atoms with Gasteiger partial charge in [0.15, 0.2) is 5.79 Å². The third kappa shape index (κ3) is 6.88. The second-order valence-electron chi connectivity index (χ2n) is 2.92. The first-order valence-corrected chi connectivity index (χ1v) is 4.64. The largest absolute Gasteiger partial charge is 0.391 e. The maximum Gasteiger partial charge on any atom is 0.214 e. The Labute approximate surface area is 92.2 Å². The van der Waals surface area contributed by atoms with Gasteiger partial charge in [-0.15, -0.1) is 0 Å². The number of rotatable bonds is 9. The topological polar surface area (TPSA) is 139 Å². The first-order valence-electron chi connectivity index (χ1n) is 4.64. The highest BCUT2D eigenvalue weighted by Gasteiger charge is 2.25. The molecule has 90 valence electrons. The minimum Gasteiger partial charge on any atom is -0.391 e. The predicted molar refractivity (Wildman–Crippen MR) is 51.7 cm³/mol. The normalized spacial score (nSPS) is 13.4. The van der Waals surface area contributed by atoms with Gasteiger partial charge in [-0.2, -0.15) is 0 Å². The van der Waals surface area contributed by atoms with Crippen molar-refractivity contribution < 1.29 is 14.6 Å². The van der Waals surface area contributed by atoms with Crippen LogP contribution in [-0.4, -0.2) is 43.8 Å². The molecule has 3 N–H and O–H groups in total. The molecule has 0 spiro atoms. The molecule has 0 fully saturated rings. The average molecular weight is 232 g/mol. The van der Waals surface area contributed by atoms with E-state index < -0.39 is 5.79 Å². The van der Waals surface area contributed by atoms with Crippen LogP contribution < -0.4 is 9.82 Å². The van der Waals surface area contributed by atoms with Gasteiger partial charge in [0.2, 0.25) is 9.82 Å². The van der Waals surface area contributed by atoms with Crippen molar-refractivity contribution in [2.24, 2.45) is 10.2 Å². The van der Waals surface area contributed by atoms with Gasteiger partial charge in [0.25, 0.3) is 0 Å². The molecule has 9 nitrogen and oxygen atoms in total. The summed E-state index contributed by atoms with van der Waals surface area (Å²) in [7, 11) is 0. The third-order valence-electron chi connectivity index (χ3n) is 1.63. The Balaban J connectivity index is 3.89. The Kier molecular flexibility index (Phi) is 7.96. The number of aliphatic hydroxyl groups excluding tert-OH is 1. The lowest BCUT2D eigenvalue weighted by Gasteiger charge is -2.26. The molecule has 0 saturated carbocycles. The van der Waals surface area contributed by atoms with Crippen molar-refractivity contribution in [3.05, 3.63) is 0 Å². The van der Waals surface area contributed by atoms with E-state index in [1.54, 1.807) is 6.92 Å². The molecule has 0 aliphatic rings. The molecule has 0 rings (SSSR count). The number of nitrogens with zero attached hydrogens (tertiary/aromatic N) is 4. The Hall–Kier alpha value is -1.50. The van der Waals surface area contributed by atoms with E-state index in [9.17, 15) is 0 Å². The summed E-state index contributed by atoms with van der Waals surface area (Å²) in [5.74, 6) is -1.13. The van der Waals surface area contributed by atoms with Crippen LogP contribution in [-0.2, 0) is 9.47 Å². The van der Waals surface area contributed by atoms with Crippen LogP contribution in [0.25, 0.3) is 0 Å². The lowest BCUT2D eigenvalue weighted by molar-refractivity contribution is -0.240. The van der Waals surface area contributed by atoms with Gasteiger partial charge in [0.1, 0.15) is 34.4 Å². The fraction of sp³-hybridized carbons (Fsp3) is 1.00. The summed E-state index contributed by atoms with van der Waals surface area (Å²) >= 11 is 0. The molecule has 0 aromatic carbocycles. The highest BCUT2D eigenvalue weighted by atomic mass is 16.7. The van der Waals surface area contributed by atoms with Gasteiger partial charge in [-0.25, -0.2) is 0 Å². The van der Waals surface area contributed by atoms with Crippen molar-refractivity contribution in [2.45, 2.75) is 12.7 Å². The Bertz CT molecular complexity index is 260. The van der Waals surface area contributed by atoms with Gasteiger partial charge < -0.3 is 14.6 Å². The molecule has 0 aromatic rings. The molecule has 9 heteroatoms. The van der Waals surface area contributed by atoms with E-state index in [-0.39, 0.29) is 32.9 Å². The monoisotopic (exact) mass is 232 g/mol. The molecular weight excluding hydrogens is 216 g/mol. The van der Waals surface area contributed by atoms with Crippen LogP contribution in [0.5, 0.6) is 0 Å². The molecule has 0 heterocycles. The SMILES string of the molecule is CC(CO)(OCCN=[N+]=N)OCCN=[N+]=N. The second-order valence-corrected chi connectivity index (χ2v) is 2.92. The van der Waals surface area contributed by atoms with Crippen LogP contribution in [0.1, 0.15) is 6.92 Å². The zero-order valence-electron chi connectivity index (χ0n) is 9.09. The summed E-state index contributed by atoms with van der Waals surface area (Å²) in [6.07, 6.45) is 0. The maximum absolute atomic E-state index is 9.07. The van der Waals surface area contributed by atoms with E-state index in [1.807, 2.05) is 0 Å². The van der Waals surface area contributed by atoms with E-state index in [1.165, 1.54) is 0 Å². The van der Waals surface area contributed by atoms with Gasteiger partial charge in [-0.3, -0.25) is 0 Å². The highest BCUT2D eigenvalue weighted by molar-refractivity contribution is 4.61. The zero-order valence-corrected chi connectivity index (χ0v) is 9.09. The smallest absolute Gasteiger partial charge is 0.214 e. The lowest BCUT2D eigenvalue weighted by Crippen LogP contribution is -2.38. The lowest BCUT2D eigenvalue weighted by atomic mass is 10.3. The highest BCUT2D eigenvalue weighted by Crippen LogP contribution is 2.10. The van der Waals surface area contributed by atoms with Gasteiger partial charge in [0.05, 0.1) is 19.8 Å². The molecule has 0 aliphatic carbocycles. The number of ether oxygens (including phenoxy) is 2. The number of nitrogens with one attached hydrogen (secondary N) is 2. The molecule has 0 unspecified atom stereocenters. The zero-order chi connectivity index (χ0) is 12.3. The van der Waals surface area contributed by atoms with Gasteiger partial charge in [-0.1, -0.05) is 0 Å². The molecular formula is C7H16N6O3+2. The van der Waals surface area contributed by atoms with Crippen LogP contribution in [0.4, 0.5) is 0 Å². The standard InChI is InChI=1S/C7H16N6O3/c1-7(6-14,15-4-2-10-12-8)16-5-3-11-13-9/h8-9,14H,2-6H2,1H3/q+2. The number of aliphatic hydroxyl groups is 1. The molecule has 0 bridgehead atoms. The molecule has 16 heavy (non-hydrogen) atoms. The van der Waals surface area contributed by atoms with Crippen molar-refractivity contribution in [1.82, 2.24) is 9.82 Å². The number of hydrogen-bond acceptors (Lipinski definition) is 7. The summed E-state index contributed by atoms with van der Waals surface area (Å²) in [4.78, 5) is 5.62. The van der Waals surface area contributed by atoms with Gasteiger partial charge in [0, 0.05) is 0 Å². The minimum atomic E-state index is -1.13. The minimum absolute atomic E-state index is 0.194.